The van der Waals surface area contributed by atoms with Crippen LogP contribution in [0.3, 0.4) is 0 Å². The highest BCUT2D eigenvalue weighted by atomic mass is 16.8. The Balaban J connectivity index is 1.47. The summed E-state index contributed by atoms with van der Waals surface area (Å²) in [4.78, 5) is 16.3. The van der Waals surface area contributed by atoms with Crippen LogP contribution in [0.2, 0.25) is 0 Å². The number of rotatable bonds is 3. The molecule has 2 unspecified atom stereocenters. The zero-order valence-corrected chi connectivity index (χ0v) is 11.6. The molecule has 0 saturated heterocycles. The van der Waals surface area contributed by atoms with E-state index in [9.17, 15) is 15.0 Å². The van der Waals surface area contributed by atoms with E-state index < -0.39 is 6.16 Å². The number of hydrogen-bond donors (Lipinski definition) is 2. The van der Waals surface area contributed by atoms with Crippen LogP contribution in [0, 0.1) is 17.8 Å². The fourth-order valence-electron chi connectivity index (χ4n) is 3.20. The van der Waals surface area contributed by atoms with Gasteiger partial charge in [0.1, 0.15) is 0 Å². The Morgan fingerprint density at radius 2 is 1.71 bits per heavy atom. The zero-order valence-electron chi connectivity index (χ0n) is 11.6. The van der Waals surface area contributed by atoms with Crippen LogP contribution in [0.4, 0.5) is 4.79 Å². The van der Waals surface area contributed by atoms with Gasteiger partial charge in [-0.2, -0.15) is 0 Å². The summed E-state index contributed by atoms with van der Waals surface area (Å²) in [6, 6.07) is 2.44. The Morgan fingerprint density at radius 3 is 2.29 bits per heavy atom. The molecule has 21 heavy (non-hydrogen) atoms. The van der Waals surface area contributed by atoms with Crippen molar-refractivity contribution in [2.75, 3.05) is 6.61 Å². The molecule has 3 rings (SSSR count). The van der Waals surface area contributed by atoms with Gasteiger partial charge in [-0.15, -0.1) is 4.73 Å². The molecule has 2 N–H and O–H groups in total. The van der Waals surface area contributed by atoms with Crippen molar-refractivity contribution in [2.45, 2.75) is 25.7 Å². The minimum Gasteiger partial charge on any atom is -0.492 e. The summed E-state index contributed by atoms with van der Waals surface area (Å²) in [5.74, 6) is 0.962. The highest BCUT2D eigenvalue weighted by Gasteiger charge is 2.49. The van der Waals surface area contributed by atoms with Crippen LogP contribution in [-0.2, 0) is 4.74 Å². The summed E-state index contributed by atoms with van der Waals surface area (Å²) < 4.78 is 5.73. The Hall–Kier alpha value is -2.11. The van der Waals surface area contributed by atoms with Crippen molar-refractivity contribution in [3.63, 3.8) is 0 Å². The van der Waals surface area contributed by atoms with E-state index in [-0.39, 0.29) is 11.8 Å². The third kappa shape index (κ3) is 2.99. The van der Waals surface area contributed by atoms with Crippen molar-refractivity contribution in [1.82, 2.24) is 4.73 Å². The average Bonchev–Trinajstić information content (AvgIpc) is 2.98. The monoisotopic (exact) mass is 293 g/mol. The fourth-order valence-corrected chi connectivity index (χ4v) is 3.20. The molecular weight excluding hydrogens is 274 g/mol. The first-order valence-electron chi connectivity index (χ1n) is 7.26. The maximum absolute atomic E-state index is 11.6. The van der Waals surface area contributed by atoms with Crippen molar-refractivity contribution < 1.29 is 24.6 Å². The van der Waals surface area contributed by atoms with Gasteiger partial charge in [0.2, 0.25) is 11.8 Å². The van der Waals surface area contributed by atoms with Gasteiger partial charge in [-0.05, 0) is 43.4 Å². The van der Waals surface area contributed by atoms with Crippen molar-refractivity contribution >= 4 is 6.16 Å². The zero-order chi connectivity index (χ0) is 14.8. The van der Waals surface area contributed by atoms with Gasteiger partial charge in [0, 0.05) is 12.1 Å². The third-order valence-corrected chi connectivity index (χ3v) is 4.37. The second kappa shape index (κ2) is 5.71. The molecular formula is C15H19NO5. The van der Waals surface area contributed by atoms with Gasteiger partial charge in [-0.1, -0.05) is 12.2 Å². The van der Waals surface area contributed by atoms with E-state index in [0.29, 0.717) is 29.1 Å². The first-order valence-corrected chi connectivity index (χ1v) is 7.26. The Morgan fingerprint density at radius 1 is 1.14 bits per heavy atom. The highest BCUT2D eigenvalue weighted by Crippen LogP contribution is 2.52. The number of nitrogens with zero attached hydrogens (tertiary/aromatic N) is 1. The van der Waals surface area contributed by atoms with Crippen molar-refractivity contribution in [1.29, 1.82) is 0 Å². The number of hydrogen-bond acceptors (Lipinski definition) is 5. The maximum Gasteiger partial charge on any atom is 0.533 e. The molecule has 1 aromatic heterocycles. The van der Waals surface area contributed by atoms with Crippen molar-refractivity contribution in [3.8, 4) is 11.8 Å². The SMILES string of the molecule is O=C(OCC1C2CCC=CCCC21)On1c(O)ccc1O. The minimum absolute atomic E-state index is 0.330. The number of carbonyl (C=O) groups excluding carboxylic acids is 1. The second-order valence-electron chi connectivity index (χ2n) is 5.61. The van der Waals surface area contributed by atoms with Gasteiger partial charge in [0.25, 0.3) is 0 Å². The lowest BCUT2D eigenvalue weighted by Crippen LogP contribution is -2.21. The molecule has 1 saturated carbocycles. The van der Waals surface area contributed by atoms with Crippen LogP contribution >= 0.6 is 0 Å². The summed E-state index contributed by atoms with van der Waals surface area (Å²) in [5.41, 5.74) is 0. The molecule has 2 atom stereocenters. The molecule has 2 aliphatic carbocycles. The summed E-state index contributed by atoms with van der Waals surface area (Å²) in [5, 5.41) is 18.7. The Labute approximate surface area is 122 Å². The normalized spacial score (nSPS) is 27.3. The lowest BCUT2D eigenvalue weighted by molar-refractivity contribution is 0.0315. The van der Waals surface area contributed by atoms with Crippen LogP contribution < -0.4 is 4.84 Å². The second-order valence-corrected chi connectivity index (χ2v) is 5.61. The van der Waals surface area contributed by atoms with E-state index in [1.165, 1.54) is 12.1 Å². The number of aromatic nitrogens is 1. The number of fused-ring (bicyclic) bond motifs is 1. The molecule has 0 radical (unpaired) electrons. The van der Waals surface area contributed by atoms with E-state index in [1.54, 1.807) is 0 Å². The minimum atomic E-state index is -0.922. The van der Waals surface area contributed by atoms with Gasteiger partial charge in [0.15, 0.2) is 0 Å². The number of allylic oxidation sites excluding steroid dienone is 2. The van der Waals surface area contributed by atoms with Gasteiger partial charge < -0.3 is 14.9 Å². The third-order valence-electron chi connectivity index (χ3n) is 4.37. The van der Waals surface area contributed by atoms with E-state index in [2.05, 4.69) is 12.2 Å². The Bertz CT molecular complexity index is 515. The number of carbonyl (C=O) groups is 1. The van der Waals surface area contributed by atoms with Gasteiger partial charge in [-0.3, -0.25) is 4.84 Å². The topological polar surface area (TPSA) is 80.9 Å². The lowest BCUT2D eigenvalue weighted by Gasteiger charge is -2.07. The molecule has 0 spiro atoms. The molecule has 1 fully saturated rings. The van der Waals surface area contributed by atoms with Gasteiger partial charge >= 0.3 is 6.16 Å². The number of aromatic hydroxyl groups is 2. The van der Waals surface area contributed by atoms with Crippen LogP contribution in [0.5, 0.6) is 11.8 Å². The van der Waals surface area contributed by atoms with Crippen LogP contribution in [-0.4, -0.2) is 27.7 Å². The predicted octanol–water partition coefficient (Wildman–Crippen LogP) is 2.46. The van der Waals surface area contributed by atoms with E-state index in [1.807, 2.05) is 0 Å². The van der Waals surface area contributed by atoms with E-state index >= 15 is 0 Å². The first-order chi connectivity index (χ1) is 10.2. The largest absolute Gasteiger partial charge is 0.533 e. The maximum atomic E-state index is 11.6. The molecule has 6 heteroatoms. The average molecular weight is 293 g/mol. The van der Waals surface area contributed by atoms with Crippen molar-refractivity contribution in [3.05, 3.63) is 24.3 Å². The number of ether oxygens (including phenoxy) is 1. The Kier molecular flexibility index (Phi) is 3.77. The van der Waals surface area contributed by atoms with Crippen molar-refractivity contribution in [2.24, 2.45) is 17.8 Å². The molecule has 2 aliphatic rings. The van der Waals surface area contributed by atoms with Crippen LogP contribution in [0.1, 0.15) is 25.7 Å². The lowest BCUT2D eigenvalue weighted by atomic mass is 10.1. The predicted molar refractivity (Wildman–Crippen MR) is 73.8 cm³/mol. The van der Waals surface area contributed by atoms with Gasteiger partial charge in [0.05, 0.1) is 6.61 Å². The fraction of sp³-hybridized carbons (Fsp3) is 0.533. The van der Waals surface area contributed by atoms with Crippen LogP contribution in [0.25, 0.3) is 0 Å². The summed E-state index contributed by atoms with van der Waals surface area (Å²) in [6.07, 6.45) is 7.98. The molecule has 114 valence electrons. The molecule has 0 aliphatic heterocycles. The molecule has 6 nitrogen and oxygen atoms in total. The summed E-state index contributed by atoms with van der Waals surface area (Å²) in [7, 11) is 0. The summed E-state index contributed by atoms with van der Waals surface area (Å²) in [6.45, 7) is 0.330. The molecule has 0 bridgehead atoms. The first kappa shape index (κ1) is 13.9. The van der Waals surface area contributed by atoms with E-state index in [4.69, 9.17) is 9.57 Å². The van der Waals surface area contributed by atoms with Gasteiger partial charge in [-0.25, -0.2) is 4.79 Å². The van der Waals surface area contributed by atoms with E-state index in [0.717, 1.165) is 25.7 Å². The van der Waals surface area contributed by atoms with Crippen LogP contribution in [0.15, 0.2) is 24.3 Å². The quantitative estimate of drug-likeness (QED) is 0.661. The standard InChI is InChI=1S/C15H19NO5/c17-13-7-8-14(18)16(13)21-15(19)20-9-12-10-5-3-1-2-4-6-11(10)12/h1-2,7-8,10-12,17-18H,3-6,9H2. The molecule has 1 aromatic rings. The summed E-state index contributed by atoms with van der Waals surface area (Å²) >= 11 is 0. The molecule has 0 amide bonds. The molecule has 0 aromatic carbocycles. The highest BCUT2D eigenvalue weighted by molar-refractivity contribution is 5.60. The molecule has 1 heterocycles. The smallest absolute Gasteiger partial charge is 0.492 e.